The zero-order valence-electron chi connectivity index (χ0n) is 26.2. The van der Waals surface area contributed by atoms with Crippen molar-refractivity contribution in [3.05, 3.63) is 0 Å². The predicted octanol–water partition coefficient (Wildman–Crippen LogP) is 7.80. The van der Waals surface area contributed by atoms with Crippen LogP contribution in [-0.4, -0.2) is 39.8 Å². The van der Waals surface area contributed by atoms with Gasteiger partial charge in [0.05, 0.1) is 18.3 Å². The van der Waals surface area contributed by atoms with Crippen molar-refractivity contribution in [1.29, 1.82) is 0 Å². The molecule has 0 saturated heterocycles. The molecule has 226 valence electrons. The maximum atomic E-state index is 13.6. The van der Waals surface area contributed by atoms with Crippen LogP contribution >= 0.6 is 0 Å². The second-order valence-electron chi connectivity index (χ2n) is 16.7. The highest BCUT2D eigenvalue weighted by atomic mass is 19.1. The van der Waals surface area contributed by atoms with E-state index in [1.807, 2.05) is 6.92 Å². The number of hydrogen-bond acceptors (Lipinski definition) is 3. The van der Waals surface area contributed by atoms with Gasteiger partial charge < -0.3 is 15.3 Å². The molecule has 5 saturated carbocycles. The Kier molecular flexibility index (Phi) is 8.40. The van der Waals surface area contributed by atoms with E-state index in [-0.39, 0.29) is 46.0 Å². The standard InChI is InChI=1S/C35H61FO3/c1-20-11-14-25(10-8-9-24-12-15-26(36)16-13-24)27-18-33(5)19-34(6)17-21(2)28(23(4)37)32(39)35(34,7)22(3)30(33)31(38)29(20)27/h20-32,37-39H,8-19H2,1-7H3/t20?,21?,22?,23?,24?,25?,26?,27?,28?,29?,30?,31?,32?,33-,34+,35+/m0/s1. The third-order valence-corrected chi connectivity index (χ3v) is 14.5. The van der Waals surface area contributed by atoms with Crippen molar-refractivity contribution in [3.63, 3.8) is 0 Å². The Morgan fingerprint density at radius 1 is 0.872 bits per heavy atom. The van der Waals surface area contributed by atoms with E-state index in [0.717, 1.165) is 44.4 Å². The quantitative estimate of drug-likeness (QED) is 0.328. The van der Waals surface area contributed by atoms with Gasteiger partial charge in [0.2, 0.25) is 0 Å². The first-order valence-corrected chi connectivity index (χ1v) is 16.9. The van der Waals surface area contributed by atoms with Crippen molar-refractivity contribution >= 4 is 0 Å². The summed E-state index contributed by atoms with van der Waals surface area (Å²) in [5.74, 6) is 3.45. The molecule has 5 aliphatic carbocycles. The van der Waals surface area contributed by atoms with Gasteiger partial charge in [0.1, 0.15) is 6.17 Å². The lowest BCUT2D eigenvalue weighted by atomic mass is 9.34. The van der Waals surface area contributed by atoms with Gasteiger partial charge in [0, 0.05) is 11.3 Å². The molecule has 39 heavy (non-hydrogen) atoms. The number of halogens is 1. The van der Waals surface area contributed by atoms with Gasteiger partial charge in [-0.2, -0.15) is 0 Å². The van der Waals surface area contributed by atoms with Crippen molar-refractivity contribution in [2.24, 2.45) is 69.5 Å². The predicted molar refractivity (Wildman–Crippen MR) is 157 cm³/mol. The summed E-state index contributed by atoms with van der Waals surface area (Å²) in [6.07, 6.45) is 11.3. The Labute approximate surface area is 239 Å². The minimum Gasteiger partial charge on any atom is -0.393 e. The molecule has 0 radical (unpaired) electrons. The highest BCUT2D eigenvalue weighted by Crippen LogP contribution is 2.73. The van der Waals surface area contributed by atoms with Crippen molar-refractivity contribution in [2.75, 3.05) is 0 Å². The topological polar surface area (TPSA) is 60.7 Å². The van der Waals surface area contributed by atoms with Crippen LogP contribution in [0.15, 0.2) is 0 Å². The van der Waals surface area contributed by atoms with Crippen LogP contribution in [0.25, 0.3) is 0 Å². The first-order valence-electron chi connectivity index (χ1n) is 16.9. The molecule has 14 atom stereocenters. The van der Waals surface area contributed by atoms with Crippen LogP contribution in [0, 0.1) is 69.5 Å². The van der Waals surface area contributed by atoms with Gasteiger partial charge >= 0.3 is 0 Å². The van der Waals surface area contributed by atoms with E-state index >= 15 is 0 Å². The molecular formula is C35H61FO3. The van der Waals surface area contributed by atoms with Crippen LogP contribution in [0.1, 0.15) is 126 Å². The van der Waals surface area contributed by atoms with Crippen LogP contribution in [0.3, 0.4) is 0 Å². The lowest BCUT2D eigenvalue weighted by Gasteiger charge is -2.72. The summed E-state index contributed by atoms with van der Waals surface area (Å²) in [5.41, 5.74) is -0.269. The Bertz CT molecular complexity index is 855. The van der Waals surface area contributed by atoms with Gasteiger partial charge in [-0.25, -0.2) is 4.39 Å². The van der Waals surface area contributed by atoms with Crippen molar-refractivity contribution < 1.29 is 19.7 Å². The molecule has 11 unspecified atom stereocenters. The highest BCUT2D eigenvalue weighted by Gasteiger charge is 2.70. The summed E-state index contributed by atoms with van der Waals surface area (Å²) >= 11 is 0. The fraction of sp³-hybridized carbons (Fsp3) is 1.00. The van der Waals surface area contributed by atoms with E-state index in [4.69, 9.17) is 0 Å². The second kappa shape index (κ2) is 10.8. The van der Waals surface area contributed by atoms with Gasteiger partial charge in [-0.3, -0.25) is 0 Å². The van der Waals surface area contributed by atoms with Crippen LogP contribution in [-0.2, 0) is 0 Å². The average Bonchev–Trinajstić information content (AvgIpc) is 2.83. The van der Waals surface area contributed by atoms with Crippen LogP contribution in [0.5, 0.6) is 0 Å². The maximum Gasteiger partial charge on any atom is 0.100 e. The maximum absolute atomic E-state index is 13.6. The zero-order chi connectivity index (χ0) is 28.5. The summed E-state index contributed by atoms with van der Waals surface area (Å²) in [6, 6.07) is 0. The number of rotatable bonds is 5. The van der Waals surface area contributed by atoms with Crippen LogP contribution in [0.2, 0.25) is 0 Å². The van der Waals surface area contributed by atoms with Gasteiger partial charge in [-0.15, -0.1) is 0 Å². The highest BCUT2D eigenvalue weighted by molar-refractivity contribution is 5.18. The van der Waals surface area contributed by atoms with Gasteiger partial charge in [0.25, 0.3) is 0 Å². The van der Waals surface area contributed by atoms with Crippen LogP contribution in [0.4, 0.5) is 4.39 Å². The SMILES string of the molecule is CC(O)C1C(C)C[C@]2(C)C[C@]3(C)CC4C(CCCC5CCC(F)CC5)CCC(C)C4C(O)C3C(C)[C@]2(C)C1O. The molecule has 0 bridgehead atoms. The molecule has 5 rings (SSSR count). The molecule has 3 N–H and O–H groups in total. The second-order valence-corrected chi connectivity index (χ2v) is 16.7. The molecule has 0 aromatic rings. The molecule has 0 heterocycles. The minimum absolute atomic E-state index is 0.0144. The molecule has 5 aliphatic rings. The molecule has 4 heteroatoms. The van der Waals surface area contributed by atoms with E-state index in [1.165, 1.54) is 38.5 Å². The monoisotopic (exact) mass is 548 g/mol. The Balaban J connectivity index is 1.37. The summed E-state index contributed by atoms with van der Waals surface area (Å²) in [4.78, 5) is 0. The fourth-order valence-corrected chi connectivity index (χ4v) is 12.6. The van der Waals surface area contributed by atoms with Crippen molar-refractivity contribution in [2.45, 2.75) is 150 Å². The summed E-state index contributed by atoms with van der Waals surface area (Å²) in [5, 5.41) is 34.9. The third kappa shape index (κ3) is 4.87. The van der Waals surface area contributed by atoms with E-state index < -0.39 is 18.4 Å². The van der Waals surface area contributed by atoms with E-state index in [1.54, 1.807) is 0 Å². The average molecular weight is 549 g/mol. The number of hydrogen-bond donors (Lipinski definition) is 3. The number of aliphatic hydroxyl groups excluding tert-OH is 3. The zero-order valence-corrected chi connectivity index (χ0v) is 26.2. The molecule has 3 nitrogen and oxygen atoms in total. The molecule has 0 spiro atoms. The largest absolute Gasteiger partial charge is 0.393 e. The van der Waals surface area contributed by atoms with E-state index in [2.05, 4.69) is 41.5 Å². The summed E-state index contributed by atoms with van der Waals surface area (Å²) in [7, 11) is 0. The number of fused-ring (bicyclic) bond motifs is 3. The Morgan fingerprint density at radius 2 is 1.54 bits per heavy atom. The van der Waals surface area contributed by atoms with E-state index in [0.29, 0.717) is 23.7 Å². The minimum atomic E-state index is -0.563. The third-order valence-electron chi connectivity index (χ3n) is 14.5. The van der Waals surface area contributed by atoms with Gasteiger partial charge in [-0.05, 0) is 116 Å². The summed E-state index contributed by atoms with van der Waals surface area (Å²) in [6.45, 7) is 16.0. The van der Waals surface area contributed by atoms with Gasteiger partial charge in [0.15, 0.2) is 0 Å². The van der Waals surface area contributed by atoms with Crippen molar-refractivity contribution in [3.8, 4) is 0 Å². The first-order chi connectivity index (χ1) is 18.2. The smallest absolute Gasteiger partial charge is 0.100 e. The molecule has 0 amide bonds. The fourth-order valence-electron chi connectivity index (χ4n) is 12.6. The Morgan fingerprint density at radius 3 is 2.18 bits per heavy atom. The molecular weight excluding hydrogens is 487 g/mol. The first kappa shape index (κ1) is 30.3. The molecule has 0 aliphatic heterocycles. The normalized spacial score (nSPS) is 56.7. The lowest BCUT2D eigenvalue weighted by molar-refractivity contribution is -0.279. The van der Waals surface area contributed by atoms with Crippen LogP contribution < -0.4 is 0 Å². The lowest BCUT2D eigenvalue weighted by Crippen LogP contribution is -2.70. The number of aliphatic hydroxyl groups is 3. The van der Waals surface area contributed by atoms with Gasteiger partial charge in [-0.1, -0.05) is 67.2 Å². The molecule has 5 fully saturated rings. The Hall–Kier alpha value is -0.190. The molecule has 0 aromatic carbocycles. The summed E-state index contributed by atoms with van der Waals surface area (Å²) < 4.78 is 13.6. The molecule has 0 aromatic heterocycles. The number of alkyl halides is 1. The van der Waals surface area contributed by atoms with Crippen molar-refractivity contribution in [1.82, 2.24) is 0 Å². The van der Waals surface area contributed by atoms with E-state index in [9.17, 15) is 19.7 Å².